The van der Waals surface area contributed by atoms with Crippen LogP contribution in [0.4, 0.5) is 0 Å². The zero-order valence-corrected chi connectivity index (χ0v) is 18.2. The molecule has 7 nitrogen and oxygen atoms in total. The number of aromatic amines is 1. The van der Waals surface area contributed by atoms with Crippen LogP contribution in [0.1, 0.15) is 24.0 Å². The van der Waals surface area contributed by atoms with E-state index in [0.717, 1.165) is 17.4 Å². The van der Waals surface area contributed by atoms with Crippen LogP contribution in [-0.4, -0.2) is 41.7 Å². The van der Waals surface area contributed by atoms with E-state index in [1.165, 1.54) is 0 Å². The van der Waals surface area contributed by atoms with Gasteiger partial charge in [0.25, 0.3) is 11.5 Å². The summed E-state index contributed by atoms with van der Waals surface area (Å²) in [5, 5.41) is 1.39. The first kappa shape index (κ1) is 20.8. The van der Waals surface area contributed by atoms with Crippen LogP contribution < -0.4 is 15.0 Å². The highest BCUT2D eigenvalue weighted by Gasteiger charge is 2.29. The Morgan fingerprint density at radius 3 is 2.53 bits per heavy atom. The summed E-state index contributed by atoms with van der Waals surface area (Å²) in [6.07, 6.45) is 1.03. The largest absolute Gasteiger partial charge is 0.486 e. The maximum absolute atomic E-state index is 13.2. The topological polar surface area (TPSA) is 80.9 Å². The van der Waals surface area contributed by atoms with Gasteiger partial charge in [-0.3, -0.25) is 9.59 Å². The maximum atomic E-state index is 13.2. The van der Waals surface area contributed by atoms with E-state index >= 15 is 0 Å². The number of carbonyl (C=O) groups is 1. The number of fused-ring (bicyclic) bond motifs is 2. The highest BCUT2D eigenvalue weighted by atomic mass is 35.5. The number of ether oxygens (including phenoxy) is 3. The number of nitrogens with zero attached hydrogens (tertiary/aromatic N) is 1. The Balaban J connectivity index is 1.49. The van der Waals surface area contributed by atoms with Crippen LogP contribution in [0.15, 0.2) is 47.3 Å². The van der Waals surface area contributed by atoms with Crippen molar-refractivity contribution in [3.05, 3.63) is 69.0 Å². The Hall–Kier alpha value is -3.03. The Kier molecular flexibility index (Phi) is 5.76. The molecule has 1 N–H and O–H groups in total. The first-order chi connectivity index (χ1) is 15.6. The Morgan fingerprint density at radius 1 is 1.03 bits per heavy atom. The number of halogens is 1. The highest BCUT2D eigenvalue weighted by Crippen LogP contribution is 2.34. The van der Waals surface area contributed by atoms with Crippen molar-refractivity contribution < 1.29 is 19.0 Å². The number of hydrogen-bond acceptors (Lipinski definition) is 5. The lowest BCUT2D eigenvalue weighted by Crippen LogP contribution is -2.39. The van der Waals surface area contributed by atoms with Crippen LogP contribution >= 0.6 is 11.6 Å². The summed E-state index contributed by atoms with van der Waals surface area (Å²) in [6, 6.07) is 12.8. The number of carbonyl (C=O) groups excluding carboxylic acids is 1. The predicted molar refractivity (Wildman–Crippen MR) is 120 cm³/mol. The van der Waals surface area contributed by atoms with Crippen molar-refractivity contribution in [3.63, 3.8) is 0 Å². The molecule has 1 atom stereocenters. The van der Waals surface area contributed by atoms with Crippen molar-refractivity contribution in [1.29, 1.82) is 0 Å². The minimum atomic E-state index is -0.491. The lowest BCUT2D eigenvalue weighted by atomic mass is 10.1. The third kappa shape index (κ3) is 4.18. The molecule has 0 aliphatic carbocycles. The van der Waals surface area contributed by atoms with E-state index in [1.54, 1.807) is 23.1 Å². The zero-order chi connectivity index (χ0) is 22.1. The third-order valence-electron chi connectivity index (χ3n) is 5.78. The molecule has 8 heteroatoms. The van der Waals surface area contributed by atoms with Crippen molar-refractivity contribution in [3.8, 4) is 11.5 Å². The van der Waals surface area contributed by atoms with Gasteiger partial charge in [-0.05, 0) is 36.6 Å². The summed E-state index contributed by atoms with van der Waals surface area (Å²) in [5.41, 5.74) is 1.70. The van der Waals surface area contributed by atoms with Crippen LogP contribution in [0.5, 0.6) is 11.5 Å². The van der Waals surface area contributed by atoms with Gasteiger partial charge in [-0.1, -0.05) is 29.8 Å². The number of amides is 1. The van der Waals surface area contributed by atoms with Gasteiger partial charge in [0.05, 0.1) is 12.1 Å². The molecule has 166 valence electrons. The minimum absolute atomic E-state index is 0.135. The van der Waals surface area contributed by atoms with Crippen molar-refractivity contribution >= 4 is 28.4 Å². The van der Waals surface area contributed by atoms with E-state index in [9.17, 15) is 9.59 Å². The van der Waals surface area contributed by atoms with Gasteiger partial charge in [-0.2, -0.15) is 0 Å². The molecule has 1 unspecified atom stereocenters. The van der Waals surface area contributed by atoms with Crippen LogP contribution in [0.2, 0.25) is 5.02 Å². The van der Waals surface area contributed by atoms with Crippen LogP contribution in [0, 0.1) is 0 Å². The molecule has 0 spiro atoms. The molecule has 1 amide bonds. The molecule has 0 radical (unpaired) electrons. The van der Waals surface area contributed by atoms with E-state index in [2.05, 4.69) is 4.98 Å². The SMILES string of the molecule is O=C(C1CCCO1)N(Cc1ccccc1Cl)Cc1cc2cc3c(cc2[nH]c1=O)OCCO3. The fourth-order valence-corrected chi connectivity index (χ4v) is 4.33. The zero-order valence-electron chi connectivity index (χ0n) is 17.4. The molecule has 0 saturated carbocycles. The molecule has 0 bridgehead atoms. The lowest BCUT2D eigenvalue weighted by Gasteiger charge is -2.26. The highest BCUT2D eigenvalue weighted by molar-refractivity contribution is 6.31. The molecular formula is C24H23ClN2O5. The number of pyridine rings is 1. The second-order valence-corrected chi connectivity index (χ2v) is 8.40. The normalized spacial score (nSPS) is 17.5. The van der Waals surface area contributed by atoms with Gasteiger partial charge >= 0.3 is 0 Å². The molecule has 2 aliphatic heterocycles. The summed E-state index contributed by atoms with van der Waals surface area (Å²) in [4.78, 5) is 30.7. The molecule has 2 aromatic carbocycles. The molecule has 5 rings (SSSR count). The Morgan fingerprint density at radius 2 is 1.78 bits per heavy atom. The van der Waals surface area contributed by atoms with Crippen molar-refractivity contribution in [2.45, 2.75) is 32.0 Å². The van der Waals surface area contributed by atoms with Crippen molar-refractivity contribution in [2.75, 3.05) is 19.8 Å². The molecule has 1 saturated heterocycles. The van der Waals surface area contributed by atoms with Gasteiger partial charge in [0.1, 0.15) is 19.3 Å². The van der Waals surface area contributed by atoms with E-state index in [0.29, 0.717) is 53.8 Å². The van der Waals surface area contributed by atoms with Crippen LogP contribution in [0.25, 0.3) is 10.9 Å². The first-order valence-electron chi connectivity index (χ1n) is 10.7. The molecule has 1 fully saturated rings. The number of aromatic nitrogens is 1. The van der Waals surface area contributed by atoms with Gasteiger partial charge < -0.3 is 24.1 Å². The standard InChI is InChI=1S/C24H23ClN2O5/c25-18-5-2-1-4-15(18)13-27(24(29)20-6-3-7-30-20)14-17-10-16-11-21-22(32-9-8-31-21)12-19(16)26-23(17)28/h1-2,4-5,10-12,20H,3,6-9,13-14H2,(H,26,28). The van der Waals surface area contributed by atoms with E-state index in [-0.39, 0.29) is 24.6 Å². The molecule has 1 aromatic heterocycles. The molecule has 2 aliphatic rings. The number of nitrogens with one attached hydrogen (secondary N) is 1. The van der Waals surface area contributed by atoms with E-state index < -0.39 is 6.10 Å². The number of H-pyrrole nitrogens is 1. The first-order valence-corrected chi connectivity index (χ1v) is 11.1. The predicted octanol–water partition coefficient (Wildman–Crippen LogP) is 3.66. The average molecular weight is 455 g/mol. The van der Waals surface area contributed by atoms with E-state index in [4.69, 9.17) is 25.8 Å². The molecule has 3 heterocycles. The number of hydrogen-bond donors (Lipinski definition) is 1. The van der Waals surface area contributed by atoms with Crippen molar-refractivity contribution in [1.82, 2.24) is 9.88 Å². The van der Waals surface area contributed by atoms with Gasteiger partial charge in [-0.25, -0.2) is 0 Å². The van der Waals surface area contributed by atoms with E-state index in [1.807, 2.05) is 24.3 Å². The molecular weight excluding hydrogens is 432 g/mol. The Bertz CT molecular complexity index is 1220. The minimum Gasteiger partial charge on any atom is -0.486 e. The quantitative estimate of drug-likeness (QED) is 0.636. The fraction of sp³-hybridized carbons (Fsp3) is 0.333. The summed E-state index contributed by atoms with van der Waals surface area (Å²) in [6.45, 7) is 1.96. The average Bonchev–Trinajstić information content (AvgIpc) is 3.34. The lowest BCUT2D eigenvalue weighted by molar-refractivity contribution is -0.142. The van der Waals surface area contributed by atoms with Gasteiger partial charge in [0.15, 0.2) is 11.5 Å². The summed E-state index contributed by atoms with van der Waals surface area (Å²) in [5.74, 6) is 1.12. The molecule has 32 heavy (non-hydrogen) atoms. The number of rotatable bonds is 5. The van der Waals surface area contributed by atoms with Crippen LogP contribution in [0.3, 0.4) is 0 Å². The second-order valence-electron chi connectivity index (χ2n) is 7.99. The smallest absolute Gasteiger partial charge is 0.253 e. The van der Waals surface area contributed by atoms with Gasteiger partial charge in [-0.15, -0.1) is 0 Å². The summed E-state index contributed by atoms with van der Waals surface area (Å²) >= 11 is 6.35. The third-order valence-corrected chi connectivity index (χ3v) is 6.15. The number of benzene rings is 2. The monoisotopic (exact) mass is 454 g/mol. The van der Waals surface area contributed by atoms with Crippen molar-refractivity contribution in [2.24, 2.45) is 0 Å². The van der Waals surface area contributed by atoms with Crippen LogP contribution in [-0.2, 0) is 22.6 Å². The maximum Gasteiger partial charge on any atom is 0.253 e. The fourth-order valence-electron chi connectivity index (χ4n) is 4.13. The Labute approximate surface area is 189 Å². The summed E-state index contributed by atoms with van der Waals surface area (Å²) in [7, 11) is 0. The summed E-state index contributed by atoms with van der Waals surface area (Å²) < 4.78 is 16.9. The molecule has 3 aromatic rings. The van der Waals surface area contributed by atoms with Gasteiger partial charge in [0.2, 0.25) is 0 Å². The second kappa shape index (κ2) is 8.84. The van der Waals surface area contributed by atoms with Gasteiger partial charge in [0, 0.05) is 35.2 Å².